The van der Waals surface area contributed by atoms with Gasteiger partial charge in [0, 0.05) is 16.8 Å². The van der Waals surface area contributed by atoms with Crippen molar-refractivity contribution in [2.45, 2.75) is 19.9 Å². The lowest BCUT2D eigenvalue weighted by molar-refractivity contribution is 1.09. The van der Waals surface area contributed by atoms with Crippen LogP contribution in [0.3, 0.4) is 0 Å². The molecule has 3 nitrogen and oxygen atoms in total. The summed E-state index contributed by atoms with van der Waals surface area (Å²) in [7, 11) is 0. The van der Waals surface area contributed by atoms with Crippen LogP contribution in [-0.2, 0) is 13.0 Å². The average molecular weight is 278 g/mol. The Morgan fingerprint density at radius 2 is 2.33 bits per heavy atom. The summed E-state index contributed by atoms with van der Waals surface area (Å²) in [5, 5.41) is 13.7. The molecule has 0 amide bonds. The van der Waals surface area contributed by atoms with E-state index in [-0.39, 0.29) is 0 Å². The normalized spacial score (nSPS) is 10.1. The second-order valence-corrected chi connectivity index (χ2v) is 5.34. The first-order valence-corrected chi connectivity index (χ1v) is 6.79. The molecule has 1 aromatic carbocycles. The minimum Gasteiger partial charge on any atom is -0.380 e. The van der Waals surface area contributed by atoms with Gasteiger partial charge >= 0.3 is 0 Å². The maximum atomic E-state index is 8.79. The second-order valence-electron chi connectivity index (χ2n) is 3.73. The fourth-order valence-corrected chi connectivity index (χ4v) is 2.52. The smallest absolute Gasteiger partial charge is 0.101 e. The highest BCUT2D eigenvalue weighted by molar-refractivity contribution is 7.11. The fourth-order valence-electron chi connectivity index (χ4n) is 1.50. The molecule has 0 saturated heterocycles. The zero-order valence-electron chi connectivity index (χ0n) is 9.90. The Morgan fingerprint density at radius 3 is 2.94 bits per heavy atom. The third kappa shape index (κ3) is 3.00. The molecule has 0 aliphatic rings. The highest BCUT2D eigenvalue weighted by Crippen LogP contribution is 2.21. The topological polar surface area (TPSA) is 48.7 Å². The predicted molar refractivity (Wildman–Crippen MR) is 75.0 cm³/mol. The van der Waals surface area contributed by atoms with E-state index in [1.165, 1.54) is 4.88 Å². The molecular formula is C13H12ClN3S. The van der Waals surface area contributed by atoms with Gasteiger partial charge in [-0.3, -0.25) is 0 Å². The number of nitriles is 1. The molecule has 18 heavy (non-hydrogen) atoms. The minimum absolute atomic E-state index is 0.473. The number of nitrogens with one attached hydrogen (secondary N) is 1. The van der Waals surface area contributed by atoms with E-state index in [0.29, 0.717) is 10.6 Å². The quantitative estimate of drug-likeness (QED) is 0.924. The van der Waals surface area contributed by atoms with Crippen molar-refractivity contribution >= 4 is 28.6 Å². The first-order valence-electron chi connectivity index (χ1n) is 5.60. The van der Waals surface area contributed by atoms with Gasteiger partial charge in [-0.2, -0.15) is 5.26 Å². The molecule has 0 atom stereocenters. The lowest BCUT2D eigenvalue weighted by Gasteiger charge is -2.05. The Labute approximate surface area is 115 Å². The van der Waals surface area contributed by atoms with Gasteiger partial charge in [0.15, 0.2) is 0 Å². The van der Waals surface area contributed by atoms with Crippen LogP contribution in [0.25, 0.3) is 0 Å². The standard InChI is InChI=1S/C13H12ClN3S/c1-2-13-17-8-11(18-13)7-16-10-4-3-9(6-15)12(14)5-10/h3-5,8,16H,2,7H2,1H3. The van der Waals surface area contributed by atoms with E-state index >= 15 is 0 Å². The zero-order valence-corrected chi connectivity index (χ0v) is 11.5. The molecule has 0 bridgehead atoms. The number of aryl methyl sites for hydroxylation is 1. The van der Waals surface area contributed by atoms with E-state index in [1.807, 2.05) is 18.3 Å². The number of hydrogen-bond donors (Lipinski definition) is 1. The zero-order chi connectivity index (χ0) is 13.0. The summed E-state index contributed by atoms with van der Waals surface area (Å²) in [6, 6.07) is 7.38. The molecular weight excluding hydrogens is 266 g/mol. The van der Waals surface area contributed by atoms with E-state index in [1.54, 1.807) is 23.5 Å². The first kappa shape index (κ1) is 12.9. The largest absolute Gasteiger partial charge is 0.380 e. The molecule has 0 saturated carbocycles. The molecule has 92 valence electrons. The van der Waals surface area contributed by atoms with Crippen LogP contribution >= 0.6 is 22.9 Å². The molecule has 5 heteroatoms. The van der Waals surface area contributed by atoms with Gasteiger partial charge in [0.1, 0.15) is 6.07 Å². The molecule has 1 aromatic heterocycles. The third-order valence-corrected chi connectivity index (χ3v) is 3.91. The van der Waals surface area contributed by atoms with Gasteiger partial charge in [-0.1, -0.05) is 18.5 Å². The fraction of sp³-hybridized carbons (Fsp3) is 0.231. The Bertz CT molecular complexity index is 586. The molecule has 0 unspecified atom stereocenters. The highest BCUT2D eigenvalue weighted by Gasteiger charge is 2.03. The van der Waals surface area contributed by atoms with Gasteiger partial charge in [-0.05, 0) is 24.6 Å². The number of halogens is 1. The maximum Gasteiger partial charge on any atom is 0.101 e. The van der Waals surface area contributed by atoms with Crippen LogP contribution in [0, 0.1) is 11.3 Å². The van der Waals surface area contributed by atoms with Crippen LogP contribution < -0.4 is 5.32 Å². The summed E-state index contributed by atoms with van der Waals surface area (Å²) in [6.45, 7) is 2.82. The van der Waals surface area contributed by atoms with Gasteiger partial charge < -0.3 is 5.32 Å². The number of benzene rings is 1. The summed E-state index contributed by atoms with van der Waals surface area (Å²) in [5.74, 6) is 0. The van der Waals surface area contributed by atoms with Gasteiger partial charge in [0.2, 0.25) is 0 Å². The lowest BCUT2D eigenvalue weighted by atomic mass is 10.2. The van der Waals surface area contributed by atoms with Crippen LogP contribution in [0.1, 0.15) is 22.4 Å². The van der Waals surface area contributed by atoms with Crippen LogP contribution in [-0.4, -0.2) is 4.98 Å². The van der Waals surface area contributed by atoms with E-state index in [9.17, 15) is 0 Å². The molecule has 0 radical (unpaired) electrons. The van der Waals surface area contributed by atoms with Gasteiger partial charge in [0.25, 0.3) is 0 Å². The summed E-state index contributed by atoms with van der Waals surface area (Å²) in [5.41, 5.74) is 1.40. The molecule has 1 N–H and O–H groups in total. The Morgan fingerprint density at radius 1 is 1.50 bits per heavy atom. The van der Waals surface area contributed by atoms with Gasteiger partial charge in [0.05, 0.1) is 22.1 Å². The van der Waals surface area contributed by atoms with Crippen molar-refractivity contribution in [1.82, 2.24) is 4.98 Å². The van der Waals surface area contributed by atoms with E-state index in [2.05, 4.69) is 17.2 Å². The average Bonchev–Trinajstić information content (AvgIpc) is 2.84. The Balaban J connectivity index is 2.02. The minimum atomic E-state index is 0.473. The van der Waals surface area contributed by atoms with Crippen molar-refractivity contribution in [3.63, 3.8) is 0 Å². The maximum absolute atomic E-state index is 8.79. The Hall–Kier alpha value is -1.57. The predicted octanol–water partition coefficient (Wildman–Crippen LogP) is 3.84. The van der Waals surface area contributed by atoms with Crippen molar-refractivity contribution in [3.05, 3.63) is 44.9 Å². The monoisotopic (exact) mass is 277 g/mol. The van der Waals surface area contributed by atoms with Crippen molar-refractivity contribution in [2.75, 3.05) is 5.32 Å². The summed E-state index contributed by atoms with van der Waals surface area (Å²) in [4.78, 5) is 5.49. The van der Waals surface area contributed by atoms with Crippen LogP contribution in [0.5, 0.6) is 0 Å². The molecule has 0 aliphatic carbocycles. The number of nitrogens with zero attached hydrogens (tertiary/aromatic N) is 2. The van der Waals surface area contributed by atoms with Crippen molar-refractivity contribution in [2.24, 2.45) is 0 Å². The van der Waals surface area contributed by atoms with E-state index in [4.69, 9.17) is 16.9 Å². The number of thiazole rings is 1. The summed E-state index contributed by atoms with van der Waals surface area (Å²) >= 11 is 7.67. The van der Waals surface area contributed by atoms with Crippen molar-refractivity contribution in [3.8, 4) is 6.07 Å². The number of anilines is 1. The SMILES string of the molecule is CCc1ncc(CNc2ccc(C#N)c(Cl)c2)s1. The number of hydrogen-bond acceptors (Lipinski definition) is 4. The van der Waals surface area contributed by atoms with Crippen LogP contribution in [0.15, 0.2) is 24.4 Å². The molecule has 0 fully saturated rings. The Kier molecular flexibility index (Phi) is 4.19. The second kappa shape index (κ2) is 5.85. The molecule has 2 aromatic rings. The number of rotatable bonds is 4. The summed E-state index contributed by atoms with van der Waals surface area (Å²) < 4.78 is 0. The third-order valence-electron chi connectivity index (χ3n) is 2.46. The summed E-state index contributed by atoms with van der Waals surface area (Å²) in [6.07, 6.45) is 2.86. The van der Waals surface area contributed by atoms with Crippen LogP contribution in [0.4, 0.5) is 5.69 Å². The van der Waals surface area contributed by atoms with Crippen LogP contribution in [0.2, 0.25) is 5.02 Å². The first-order chi connectivity index (χ1) is 8.72. The van der Waals surface area contributed by atoms with E-state index < -0.39 is 0 Å². The van der Waals surface area contributed by atoms with Crippen molar-refractivity contribution < 1.29 is 0 Å². The number of aromatic nitrogens is 1. The molecule has 1 heterocycles. The van der Waals surface area contributed by atoms with Crippen molar-refractivity contribution in [1.29, 1.82) is 5.26 Å². The highest BCUT2D eigenvalue weighted by atomic mass is 35.5. The molecule has 0 aliphatic heterocycles. The van der Waals surface area contributed by atoms with Gasteiger partial charge in [-0.25, -0.2) is 4.98 Å². The lowest BCUT2D eigenvalue weighted by Crippen LogP contribution is -1.97. The molecule has 0 spiro atoms. The van der Waals surface area contributed by atoms with Gasteiger partial charge in [-0.15, -0.1) is 11.3 Å². The van der Waals surface area contributed by atoms with E-state index in [0.717, 1.165) is 23.7 Å². The molecule has 2 rings (SSSR count).